The minimum atomic E-state index is -0.786. The number of unbranched alkanes of at least 4 members (excludes halogenated alkanes) is 1. The number of ether oxygens (including phenoxy) is 2. The van der Waals surface area contributed by atoms with Gasteiger partial charge in [0.25, 0.3) is 5.91 Å². The Morgan fingerprint density at radius 1 is 1.05 bits per heavy atom. The highest BCUT2D eigenvalue weighted by Gasteiger charge is 2.30. The van der Waals surface area contributed by atoms with Gasteiger partial charge < -0.3 is 19.7 Å². The molecule has 0 heterocycles. The van der Waals surface area contributed by atoms with Crippen LogP contribution in [-0.4, -0.2) is 47.9 Å². The van der Waals surface area contributed by atoms with Crippen molar-refractivity contribution in [1.82, 2.24) is 10.2 Å². The van der Waals surface area contributed by atoms with Crippen molar-refractivity contribution in [2.45, 2.75) is 38.8 Å². The molecular weight excluding hydrogens is 566 g/mol. The Balaban J connectivity index is 1.90. The van der Waals surface area contributed by atoms with Crippen LogP contribution in [0.4, 0.5) is 5.69 Å². The Hall–Kier alpha value is -3.92. The zero-order valence-electron chi connectivity index (χ0n) is 22.0. The fraction of sp³-hybridized carbons (Fsp3) is 0.310. The molecule has 3 aromatic rings. The predicted molar refractivity (Wildman–Crippen MR) is 152 cm³/mol. The van der Waals surface area contributed by atoms with Gasteiger partial charge in [0, 0.05) is 36.1 Å². The van der Waals surface area contributed by atoms with E-state index in [1.54, 1.807) is 0 Å². The summed E-state index contributed by atoms with van der Waals surface area (Å²) >= 11 is 3.47. The van der Waals surface area contributed by atoms with E-state index < -0.39 is 16.9 Å². The van der Waals surface area contributed by atoms with Crippen molar-refractivity contribution < 1.29 is 24.0 Å². The number of carbonyl (C=O) groups is 2. The Labute approximate surface area is 236 Å². The first-order valence-corrected chi connectivity index (χ1v) is 13.4. The first-order chi connectivity index (χ1) is 18.8. The molecule has 2 amide bonds. The molecule has 0 aliphatic heterocycles. The summed E-state index contributed by atoms with van der Waals surface area (Å²) in [7, 11) is 1.32. The minimum absolute atomic E-state index is 0.0215. The molecule has 0 aliphatic carbocycles. The monoisotopic (exact) mass is 597 g/mol. The van der Waals surface area contributed by atoms with Gasteiger partial charge in [-0.15, -0.1) is 0 Å². The number of nitro groups is 1. The number of nitro benzene ring substituents is 1. The molecule has 0 aliphatic rings. The molecule has 0 unspecified atom stereocenters. The van der Waals surface area contributed by atoms with Crippen LogP contribution in [0, 0.1) is 10.1 Å². The van der Waals surface area contributed by atoms with E-state index in [1.807, 2.05) is 61.5 Å². The number of nitrogens with zero attached hydrogens (tertiary/aromatic N) is 2. The summed E-state index contributed by atoms with van der Waals surface area (Å²) in [5.74, 6) is -0.389. The Kier molecular flexibility index (Phi) is 11.3. The molecule has 0 radical (unpaired) electrons. The summed E-state index contributed by atoms with van der Waals surface area (Å²) in [5.41, 5.74) is 1.55. The Morgan fingerprint density at radius 2 is 1.79 bits per heavy atom. The smallest absolute Gasteiger partial charge is 0.311 e. The van der Waals surface area contributed by atoms with E-state index in [0.717, 1.165) is 28.4 Å². The third-order valence-corrected chi connectivity index (χ3v) is 6.55. The average Bonchev–Trinajstić information content (AvgIpc) is 2.94. The zero-order valence-corrected chi connectivity index (χ0v) is 23.6. The SMILES string of the molecule is CCCCNC(=O)[C@@H](Cc1ccccc1)N(Cc1cccc(Br)c1)C(=O)COc1ccc([N+](=O)[O-])c(OC)c1. The third-order valence-electron chi connectivity index (χ3n) is 6.05. The van der Waals surface area contributed by atoms with E-state index in [-0.39, 0.29) is 36.2 Å². The van der Waals surface area contributed by atoms with Gasteiger partial charge in [0.1, 0.15) is 11.8 Å². The zero-order chi connectivity index (χ0) is 28.2. The second kappa shape index (κ2) is 14.9. The van der Waals surface area contributed by atoms with E-state index in [9.17, 15) is 19.7 Å². The van der Waals surface area contributed by atoms with E-state index in [2.05, 4.69) is 21.2 Å². The molecule has 0 saturated carbocycles. The normalized spacial score (nSPS) is 11.4. The summed E-state index contributed by atoms with van der Waals surface area (Å²) in [6.45, 7) is 2.37. The molecule has 3 aromatic carbocycles. The van der Waals surface area contributed by atoms with Crippen LogP contribution in [-0.2, 0) is 22.6 Å². The predicted octanol–water partition coefficient (Wildman–Crippen LogP) is 5.30. The average molecular weight is 598 g/mol. The van der Waals surface area contributed by atoms with Crippen LogP contribution in [0.3, 0.4) is 0 Å². The van der Waals surface area contributed by atoms with Crippen molar-refractivity contribution in [2.75, 3.05) is 20.3 Å². The Morgan fingerprint density at radius 3 is 2.46 bits per heavy atom. The van der Waals surface area contributed by atoms with E-state index >= 15 is 0 Å². The van der Waals surface area contributed by atoms with Crippen molar-refractivity contribution in [1.29, 1.82) is 0 Å². The number of methoxy groups -OCH3 is 1. The van der Waals surface area contributed by atoms with Crippen LogP contribution in [0.15, 0.2) is 77.3 Å². The number of carbonyl (C=O) groups excluding carboxylic acids is 2. The molecule has 3 rings (SSSR count). The van der Waals surface area contributed by atoms with Gasteiger partial charge in [0.2, 0.25) is 11.7 Å². The second-order valence-electron chi connectivity index (χ2n) is 8.88. The summed E-state index contributed by atoms with van der Waals surface area (Å²) in [6, 6.07) is 20.3. The fourth-order valence-corrected chi connectivity index (χ4v) is 4.47. The summed E-state index contributed by atoms with van der Waals surface area (Å²) < 4.78 is 11.7. The summed E-state index contributed by atoms with van der Waals surface area (Å²) in [6.07, 6.45) is 2.08. The molecule has 10 heteroatoms. The van der Waals surface area contributed by atoms with E-state index in [0.29, 0.717) is 13.0 Å². The fourth-order valence-electron chi connectivity index (χ4n) is 4.02. The van der Waals surface area contributed by atoms with E-state index in [4.69, 9.17) is 9.47 Å². The number of nitrogens with one attached hydrogen (secondary N) is 1. The van der Waals surface area contributed by atoms with Crippen LogP contribution in [0.25, 0.3) is 0 Å². The number of benzene rings is 3. The van der Waals surface area contributed by atoms with Crippen LogP contribution in [0.2, 0.25) is 0 Å². The minimum Gasteiger partial charge on any atom is -0.490 e. The summed E-state index contributed by atoms with van der Waals surface area (Å²) in [5, 5.41) is 14.2. The van der Waals surface area contributed by atoms with E-state index in [1.165, 1.54) is 30.2 Å². The van der Waals surface area contributed by atoms with Gasteiger partial charge in [-0.2, -0.15) is 0 Å². The number of hydrogen-bond donors (Lipinski definition) is 1. The lowest BCUT2D eigenvalue weighted by Gasteiger charge is -2.31. The number of rotatable bonds is 14. The van der Waals surface area contributed by atoms with Crippen LogP contribution in [0.1, 0.15) is 30.9 Å². The molecular formula is C29H32BrN3O6. The maximum absolute atomic E-state index is 13.7. The van der Waals surface area contributed by atoms with Crippen LogP contribution >= 0.6 is 15.9 Å². The first-order valence-electron chi connectivity index (χ1n) is 12.6. The molecule has 9 nitrogen and oxygen atoms in total. The van der Waals surface area contributed by atoms with Gasteiger partial charge in [-0.25, -0.2) is 0 Å². The van der Waals surface area contributed by atoms with Gasteiger partial charge in [0.05, 0.1) is 12.0 Å². The van der Waals surface area contributed by atoms with Gasteiger partial charge in [-0.05, 0) is 35.7 Å². The molecule has 1 N–H and O–H groups in total. The quantitative estimate of drug-likeness (QED) is 0.153. The van der Waals surface area contributed by atoms with Gasteiger partial charge in [-0.1, -0.05) is 71.7 Å². The number of hydrogen-bond acceptors (Lipinski definition) is 6. The molecule has 39 heavy (non-hydrogen) atoms. The van der Waals surface area contributed by atoms with Crippen LogP contribution in [0.5, 0.6) is 11.5 Å². The lowest BCUT2D eigenvalue weighted by Crippen LogP contribution is -2.51. The molecule has 0 saturated heterocycles. The van der Waals surface area contributed by atoms with Crippen molar-refractivity contribution in [2.24, 2.45) is 0 Å². The van der Waals surface area contributed by atoms with Gasteiger partial charge in [-0.3, -0.25) is 19.7 Å². The molecule has 0 bridgehead atoms. The Bertz CT molecular complexity index is 1270. The second-order valence-corrected chi connectivity index (χ2v) is 9.80. The lowest BCUT2D eigenvalue weighted by molar-refractivity contribution is -0.385. The maximum atomic E-state index is 13.7. The standard InChI is InChI=1S/C29H32BrN3O6/c1-3-4-15-31-29(35)26(17-21-9-6-5-7-10-21)32(19-22-11-8-12-23(30)16-22)28(34)20-39-24-13-14-25(33(36)37)27(18-24)38-2/h5-14,16,18,26H,3-4,15,17,19-20H2,1-2H3,(H,31,35)/t26-/m1/s1. The topological polar surface area (TPSA) is 111 Å². The highest BCUT2D eigenvalue weighted by molar-refractivity contribution is 9.10. The molecule has 0 spiro atoms. The highest BCUT2D eigenvalue weighted by atomic mass is 79.9. The molecule has 1 atom stereocenters. The number of halogens is 1. The lowest BCUT2D eigenvalue weighted by atomic mass is 10.0. The van der Waals surface area contributed by atoms with Gasteiger partial charge >= 0.3 is 5.69 Å². The number of amides is 2. The van der Waals surface area contributed by atoms with Crippen molar-refractivity contribution in [3.8, 4) is 11.5 Å². The summed E-state index contributed by atoms with van der Waals surface area (Å²) in [4.78, 5) is 39.3. The van der Waals surface area contributed by atoms with Crippen molar-refractivity contribution in [3.63, 3.8) is 0 Å². The maximum Gasteiger partial charge on any atom is 0.311 e. The van der Waals surface area contributed by atoms with Crippen LogP contribution < -0.4 is 14.8 Å². The highest BCUT2D eigenvalue weighted by Crippen LogP contribution is 2.31. The molecule has 206 valence electrons. The van der Waals surface area contributed by atoms with Crippen molar-refractivity contribution in [3.05, 3.63) is 98.5 Å². The van der Waals surface area contributed by atoms with Gasteiger partial charge in [0.15, 0.2) is 6.61 Å². The molecule has 0 fully saturated rings. The van der Waals surface area contributed by atoms with Crippen molar-refractivity contribution >= 4 is 33.4 Å². The largest absolute Gasteiger partial charge is 0.490 e. The third kappa shape index (κ3) is 8.81. The first kappa shape index (κ1) is 29.6. The molecule has 0 aromatic heterocycles.